The fourth-order valence-electron chi connectivity index (χ4n) is 2.12. The van der Waals surface area contributed by atoms with Crippen molar-refractivity contribution in [1.29, 1.82) is 0 Å². The van der Waals surface area contributed by atoms with Crippen molar-refractivity contribution in [1.82, 2.24) is 0 Å². The van der Waals surface area contributed by atoms with Gasteiger partial charge in [0.1, 0.15) is 11.9 Å². The van der Waals surface area contributed by atoms with E-state index in [1.165, 1.54) is 5.56 Å². The van der Waals surface area contributed by atoms with Crippen LogP contribution < -0.4 is 10.5 Å². The van der Waals surface area contributed by atoms with Crippen molar-refractivity contribution < 1.29 is 9.84 Å². The monoisotopic (exact) mass is 271 g/mol. The molecule has 106 valence electrons. The normalized spacial score (nSPS) is 13.8. The van der Waals surface area contributed by atoms with Crippen LogP contribution in [0.4, 0.5) is 0 Å². The van der Waals surface area contributed by atoms with Crippen molar-refractivity contribution in [3.8, 4) is 5.75 Å². The Morgan fingerprint density at radius 2 is 1.75 bits per heavy atom. The molecule has 2 unspecified atom stereocenters. The molecule has 0 spiro atoms. The van der Waals surface area contributed by atoms with Gasteiger partial charge in [0.2, 0.25) is 0 Å². The van der Waals surface area contributed by atoms with Crippen molar-refractivity contribution in [2.24, 2.45) is 5.73 Å². The first kappa shape index (κ1) is 14.6. The third kappa shape index (κ3) is 3.38. The quantitative estimate of drug-likeness (QED) is 0.879. The van der Waals surface area contributed by atoms with Gasteiger partial charge in [-0.15, -0.1) is 0 Å². The van der Waals surface area contributed by atoms with E-state index in [0.717, 1.165) is 11.1 Å². The molecule has 3 heteroatoms. The molecule has 2 rings (SSSR count). The highest BCUT2D eigenvalue weighted by Gasteiger charge is 2.19. The minimum atomic E-state index is -0.233. The molecular weight excluding hydrogens is 250 g/mol. The van der Waals surface area contributed by atoms with Gasteiger partial charge in [-0.05, 0) is 25.5 Å². The molecule has 0 bridgehead atoms. The largest absolute Gasteiger partial charge is 0.484 e. The lowest BCUT2D eigenvalue weighted by atomic mass is 10.0. The molecule has 3 N–H and O–H groups in total. The number of rotatable bonds is 5. The minimum Gasteiger partial charge on any atom is -0.484 e. The SMILES string of the molecule is Cc1ccc(C(Oc2ccccc2CO)C(C)N)cc1. The highest BCUT2D eigenvalue weighted by Crippen LogP contribution is 2.27. The van der Waals surface area contributed by atoms with Crippen LogP contribution in [0.1, 0.15) is 29.7 Å². The molecule has 2 aromatic rings. The summed E-state index contributed by atoms with van der Waals surface area (Å²) in [7, 11) is 0. The summed E-state index contributed by atoms with van der Waals surface area (Å²) in [4.78, 5) is 0. The third-order valence-electron chi connectivity index (χ3n) is 3.28. The lowest BCUT2D eigenvalue weighted by molar-refractivity contribution is 0.173. The molecule has 0 fully saturated rings. The molecule has 0 aliphatic rings. The molecule has 20 heavy (non-hydrogen) atoms. The molecular formula is C17H21NO2. The molecule has 0 radical (unpaired) electrons. The van der Waals surface area contributed by atoms with Crippen LogP contribution in [0.25, 0.3) is 0 Å². The second-order valence-electron chi connectivity index (χ2n) is 5.07. The van der Waals surface area contributed by atoms with Gasteiger partial charge in [0.25, 0.3) is 0 Å². The fourth-order valence-corrected chi connectivity index (χ4v) is 2.12. The van der Waals surface area contributed by atoms with Crippen LogP contribution in [-0.4, -0.2) is 11.1 Å². The van der Waals surface area contributed by atoms with E-state index in [2.05, 4.69) is 0 Å². The number of aliphatic hydroxyl groups excluding tert-OH is 1. The van der Waals surface area contributed by atoms with E-state index in [1.54, 1.807) is 0 Å². The summed E-state index contributed by atoms with van der Waals surface area (Å²) < 4.78 is 6.04. The van der Waals surface area contributed by atoms with E-state index in [9.17, 15) is 5.11 Å². The van der Waals surface area contributed by atoms with Gasteiger partial charge in [-0.2, -0.15) is 0 Å². The number of benzene rings is 2. The minimum absolute atomic E-state index is 0.0459. The standard InChI is InChI=1S/C17H21NO2/c1-12-7-9-14(10-8-12)17(13(2)18)20-16-6-4-3-5-15(16)11-19/h3-10,13,17,19H,11,18H2,1-2H3. The Labute approximate surface area is 120 Å². The number of nitrogens with two attached hydrogens (primary N) is 1. The molecule has 3 nitrogen and oxygen atoms in total. The van der Waals surface area contributed by atoms with E-state index in [1.807, 2.05) is 62.4 Å². The average molecular weight is 271 g/mol. The highest BCUT2D eigenvalue weighted by atomic mass is 16.5. The van der Waals surface area contributed by atoms with Gasteiger partial charge < -0.3 is 15.6 Å². The molecule has 0 amide bonds. The fraction of sp³-hybridized carbons (Fsp3) is 0.294. The van der Waals surface area contributed by atoms with Crippen molar-refractivity contribution in [2.75, 3.05) is 0 Å². The van der Waals surface area contributed by atoms with E-state index < -0.39 is 0 Å². The van der Waals surface area contributed by atoms with Crippen LogP contribution in [0.5, 0.6) is 5.75 Å². The predicted molar refractivity (Wildman–Crippen MR) is 80.6 cm³/mol. The van der Waals surface area contributed by atoms with Crippen molar-refractivity contribution in [3.63, 3.8) is 0 Å². The summed E-state index contributed by atoms with van der Waals surface area (Å²) in [5, 5.41) is 9.37. The topological polar surface area (TPSA) is 55.5 Å². The molecule has 0 saturated carbocycles. The van der Waals surface area contributed by atoms with Gasteiger partial charge in [0.15, 0.2) is 0 Å². The van der Waals surface area contributed by atoms with Crippen molar-refractivity contribution in [2.45, 2.75) is 32.6 Å². The maximum Gasteiger partial charge on any atom is 0.138 e. The van der Waals surface area contributed by atoms with Gasteiger partial charge in [0, 0.05) is 11.6 Å². The first-order chi connectivity index (χ1) is 9.61. The lowest BCUT2D eigenvalue weighted by Crippen LogP contribution is -2.29. The van der Waals surface area contributed by atoms with E-state index in [4.69, 9.17) is 10.5 Å². The van der Waals surface area contributed by atoms with Gasteiger partial charge >= 0.3 is 0 Å². The van der Waals surface area contributed by atoms with Crippen molar-refractivity contribution >= 4 is 0 Å². The number of aryl methyl sites for hydroxylation is 1. The van der Waals surface area contributed by atoms with Crippen LogP contribution in [0.15, 0.2) is 48.5 Å². The average Bonchev–Trinajstić information content (AvgIpc) is 2.46. The Bertz CT molecular complexity index is 549. The molecule has 0 heterocycles. The Kier molecular flexibility index (Phi) is 4.77. The summed E-state index contributed by atoms with van der Waals surface area (Å²) in [5.74, 6) is 0.679. The Morgan fingerprint density at radius 3 is 2.35 bits per heavy atom. The highest BCUT2D eigenvalue weighted by molar-refractivity contribution is 5.34. The van der Waals surface area contributed by atoms with Crippen LogP contribution in [0.3, 0.4) is 0 Å². The van der Waals surface area contributed by atoms with Crippen LogP contribution in [-0.2, 0) is 6.61 Å². The zero-order chi connectivity index (χ0) is 14.5. The predicted octanol–water partition coefficient (Wildman–Crippen LogP) is 2.95. The smallest absolute Gasteiger partial charge is 0.138 e. The van der Waals surface area contributed by atoms with E-state index in [0.29, 0.717) is 5.75 Å². The summed E-state index contributed by atoms with van der Waals surface area (Å²) in [6.45, 7) is 3.93. The van der Waals surface area contributed by atoms with Gasteiger partial charge in [-0.3, -0.25) is 0 Å². The Balaban J connectivity index is 2.28. The number of hydrogen-bond donors (Lipinski definition) is 2. The molecule has 0 aliphatic heterocycles. The van der Waals surface area contributed by atoms with Crippen molar-refractivity contribution in [3.05, 3.63) is 65.2 Å². The molecule has 0 saturated heterocycles. The van der Waals surface area contributed by atoms with Gasteiger partial charge in [-0.25, -0.2) is 0 Å². The lowest BCUT2D eigenvalue weighted by Gasteiger charge is -2.24. The number of hydrogen-bond acceptors (Lipinski definition) is 3. The van der Waals surface area contributed by atoms with E-state index >= 15 is 0 Å². The van der Waals surface area contributed by atoms with Gasteiger partial charge in [0.05, 0.1) is 6.61 Å². The second-order valence-corrected chi connectivity index (χ2v) is 5.07. The van der Waals surface area contributed by atoms with Gasteiger partial charge in [-0.1, -0.05) is 48.0 Å². The number of aliphatic hydroxyl groups is 1. The number of ether oxygens (including phenoxy) is 1. The second kappa shape index (κ2) is 6.55. The number of para-hydroxylation sites is 1. The maximum absolute atomic E-state index is 9.37. The summed E-state index contributed by atoms with van der Waals surface area (Å²) in [5.41, 5.74) is 9.07. The molecule has 2 atom stereocenters. The summed E-state index contributed by atoms with van der Waals surface area (Å²) in [6.07, 6.45) is -0.233. The molecule has 0 aromatic heterocycles. The van der Waals surface area contributed by atoms with E-state index in [-0.39, 0.29) is 18.8 Å². The van der Waals surface area contributed by atoms with Crippen LogP contribution in [0, 0.1) is 6.92 Å². The van der Waals surface area contributed by atoms with Crippen LogP contribution >= 0.6 is 0 Å². The van der Waals surface area contributed by atoms with Crippen LogP contribution in [0.2, 0.25) is 0 Å². The zero-order valence-electron chi connectivity index (χ0n) is 11.9. The summed E-state index contributed by atoms with van der Waals surface area (Å²) >= 11 is 0. The maximum atomic E-state index is 9.37. The zero-order valence-corrected chi connectivity index (χ0v) is 11.9. The summed E-state index contributed by atoms with van der Waals surface area (Å²) in [6, 6.07) is 15.5. The molecule has 0 aliphatic carbocycles. The third-order valence-corrected chi connectivity index (χ3v) is 3.28. The first-order valence-corrected chi connectivity index (χ1v) is 6.79. The Hall–Kier alpha value is -1.84. The first-order valence-electron chi connectivity index (χ1n) is 6.79. The molecule has 2 aromatic carbocycles. The Morgan fingerprint density at radius 1 is 1.10 bits per heavy atom.